The van der Waals surface area contributed by atoms with Gasteiger partial charge < -0.3 is 15.0 Å². The maximum atomic E-state index is 12.6. The number of nitrogens with zero attached hydrogens (tertiary/aromatic N) is 3. The van der Waals surface area contributed by atoms with Crippen LogP contribution in [0.5, 0.6) is 0 Å². The lowest BCUT2D eigenvalue weighted by atomic mass is 9.82. The minimum atomic E-state index is -4.37. The van der Waals surface area contributed by atoms with Crippen LogP contribution in [0.15, 0.2) is 10.4 Å². The van der Waals surface area contributed by atoms with Crippen molar-refractivity contribution in [3.8, 4) is 0 Å². The highest BCUT2D eigenvalue weighted by molar-refractivity contribution is 7.09. The molecule has 0 aromatic carbocycles. The van der Waals surface area contributed by atoms with Crippen LogP contribution in [0.3, 0.4) is 0 Å². The summed E-state index contributed by atoms with van der Waals surface area (Å²) in [7, 11) is 0. The van der Waals surface area contributed by atoms with Gasteiger partial charge in [0.1, 0.15) is 0 Å². The first kappa shape index (κ1) is 18.0. The molecule has 1 aromatic rings. The fourth-order valence-electron chi connectivity index (χ4n) is 4.37. The number of aliphatic imine (C=N–C) groups is 1. The number of thiazole rings is 1. The Hall–Kier alpha value is -1.35. The Morgan fingerprint density at radius 3 is 2.62 bits per heavy atom. The molecule has 1 aromatic heterocycles. The van der Waals surface area contributed by atoms with E-state index in [2.05, 4.69) is 20.2 Å². The average Bonchev–Trinajstić information content (AvgIpc) is 3.33. The number of rotatable bonds is 4. The molecule has 3 aliphatic heterocycles. The van der Waals surface area contributed by atoms with Gasteiger partial charge in [0.25, 0.3) is 0 Å². The Bertz CT molecular complexity index is 659. The Labute approximate surface area is 154 Å². The van der Waals surface area contributed by atoms with Gasteiger partial charge >= 0.3 is 6.18 Å². The molecule has 4 heterocycles. The summed E-state index contributed by atoms with van der Waals surface area (Å²) in [5.74, 6) is 2.03. The summed E-state index contributed by atoms with van der Waals surface area (Å²) in [6.45, 7) is 5.13. The Balaban J connectivity index is 1.37. The predicted octanol–water partition coefficient (Wildman–Crippen LogP) is 2.78. The van der Waals surface area contributed by atoms with Gasteiger partial charge in [-0.2, -0.15) is 13.2 Å². The van der Waals surface area contributed by atoms with Crippen molar-refractivity contribution in [2.24, 2.45) is 16.8 Å². The molecule has 3 saturated heterocycles. The van der Waals surface area contributed by atoms with Crippen molar-refractivity contribution in [2.75, 3.05) is 26.2 Å². The van der Waals surface area contributed by atoms with Gasteiger partial charge in [-0.25, -0.2) is 4.98 Å². The zero-order valence-electron chi connectivity index (χ0n) is 14.6. The molecular formula is C17H23F3N4OS. The van der Waals surface area contributed by atoms with Crippen LogP contribution in [0.25, 0.3) is 0 Å². The summed E-state index contributed by atoms with van der Waals surface area (Å²) >= 11 is 1.05. The SMILES string of the molecule is CCNC(=NCCc1nc(C(F)(F)F)cs1)N1CC2C3CCC(O3)C2C1. The van der Waals surface area contributed by atoms with Crippen LogP contribution in [0.1, 0.15) is 30.5 Å². The van der Waals surface area contributed by atoms with E-state index in [1.54, 1.807) is 0 Å². The van der Waals surface area contributed by atoms with Gasteiger partial charge in [-0.3, -0.25) is 4.99 Å². The van der Waals surface area contributed by atoms with Crippen LogP contribution in [0.4, 0.5) is 13.2 Å². The van der Waals surface area contributed by atoms with Crippen LogP contribution in [0.2, 0.25) is 0 Å². The first-order valence-corrected chi connectivity index (χ1v) is 10.0. The molecule has 0 spiro atoms. The smallest absolute Gasteiger partial charge is 0.374 e. The Morgan fingerprint density at radius 1 is 1.35 bits per heavy atom. The van der Waals surface area contributed by atoms with Crippen molar-refractivity contribution in [1.29, 1.82) is 0 Å². The van der Waals surface area contributed by atoms with Gasteiger partial charge in [0.05, 0.1) is 17.2 Å². The van der Waals surface area contributed by atoms with Crippen LogP contribution >= 0.6 is 11.3 Å². The quantitative estimate of drug-likeness (QED) is 0.637. The van der Waals surface area contributed by atoms with E-state index in [0.717, 1.165) is 42.3 Å². The summed E-state index contributed by atoms with van der Waals surface area (Å²) in [6.07, 6.45) is -0.826. The molecule has 0 amide bonds. The molecule has 3 aliphatic rings. The summed E-state index contributed by atoms with van der Waals surface area (Å²) in [5.41, 5.74) is -0.809. The number of fused-ring (bicyclic) bond motifs is 5. The fourth-order valence-corrected chi connectivity index (χ4v) is 5.17. The lowest BCUT2D eigenvalue weighted by Crippen LogP contribution is -2.41. The first-order valence-electron chi connectivity index (χ1n) is 9.16. The van der Waals surface area contributed by atoms with Crippen molar-refractivity contribution in [1.82, 2.24) is 15.2 Å². The van der Waals surface area contributed by atoms with Crippen molar-refractivity contribution < 1.29 is 17.9 Å². The zero-order chi connectivity index (χ0) is 18.3. The van der Waals surface area contributed by atoms with Gasteiger partial charge in [0.2, 0.25) is 0 Å². The molecule has 1 N–H and O–H groups in total. The molecule has 4 atom stereocenters. The maximum Gasteiger partial charge on any atom is 0.434 e. The summed E-state index contributed by atoms with van der Waals surface area (Å²) in [4.78, 5) is 10.6. The molecule has 2 bridgehead atoms. The van der Waals surface area contributed by atoms with Gasteiger partial charge in [-0.05, 0) is 19.8 Å². The highest BCUT2D eigenvalue weighted by atomic mass is 32.1. The summed E-state index contributed by atoms with van der Waals surface area (Å²) < 4.78 is 43.9. The number of halogens is 3. The number of aromatic nitrogens is 1. The molecule has 4 unspecified atom stereocenters. The number of guanidine groups is 1. The fraction of sp³-hybridized carbons (Fsp3) is 0.765. The average molecular weight is 388 g/mol. The molecule has 26 heavy (non-hydrogen) atoms. The maximum absolute atomic E-state index is 12.6. The zero-order valence-corrected chi connectivity index (χ0v) is 15.4. The van der Waals surface area contributed by atoms with Gasteiger partial charge in [0, 0.05) is 49.8 Å². The molecule has 0 radical (unpaired) electrons. The number of ether oxygens (including phenoxy) is 1. The van der Waals surface area contributed by atoms with Gasteiger partial charge in [0.15, 0.2) is 11.7 Å². The Kier molecular flexibility index (Phi) is 4.85. The summed E-state index contributed by atoms with van der Waals surface area (Å²) in [5, 5.41) is 4.86. The largest absolute Gasteiger partial charge is 0.434 e. The minimum Gasteiger partial charge on any atom is -0.374 e. The molecule has 5 nitrogen and oxygen atoms in total. The van der Waals surface area contributed by atoms with E-state index in [0.29, 0.717) is 42.0 Å². The second-order valence-corrected chi connectivity index (χ2v) is 8.08. The van der Waals surface area contributed by atoms with Gasteiger partial charge in [-0.15, -0.1) is 11.3 Å². The lowest BCUT2D eigenvalue weighted by molar-refractivity contribution is -0.140. The van der Waals surface area contributed by atoms with E-state index in [4.69, 9.17) is 4.74 Å². The van der Waals surface area contributed by atoms with E-state index in [1.807, 2.05) is 6.92 Å². The normalized spacial score (nSPS) is 30.9. The van der Waals surface area contributed by atoms with E-state index in [-0.39, 0.29) is 0 Å². The van der Waals surface area contributed by atoms with Gasteiger partial charge in [-0.1, -0.05) is 0 Å². The monoisotopic (exact) mass is 388 g/mol. The van der Waals surface area contributed by atoms with Crippen LogP contribution in [-0.4, -0.2) is 54.2 Å². The van der Waals surface area contributed by atoms with E-state index >= 15 is 0 Å². The Morgan fingerprint density at radius 2 is 2.04 bits per heavy atom. The van der Waals surface area contributed by atoms with Crippen molar-refractivity contribution >= 4 is 17.3 Å². The lowest BCUT2D eigenvalue weighted by Gasteiger charge is -2.23. The molecule has 4 rings (SSSR count). The highest BCUT2D eigenvalue weighted by Crippen LogP contribution is 2.47. The second kappa shape index (κ2) is 6.99. The van der Waals surface area contributed by atoms with E-state index in [1.165, 1.54) is 12.8 Å². The van der Waals surface area contributed by atoms with Crippen molar-refractivity contribution in [3.63, 3.8) is 0 Å². The van der Waals surface area contributed by atoms with Crippen LogP contribution in [-0.2, 0) is 17.3 Å². The minimum absolute atomic E-state index is 0.397. The third kappa shape index (κ3) is 3.43. The molecule has 9 heteroatoms. The van der Waals surface area contributed by atoms with Crippen LogP contribution < -0.4 is 5.32 Å². The molecule has 3 fully saturated rings. The van der Waals surface area contributed by atoms with E-state index in [9.17, 15) is 13.2 Å². The highest BCUT2D eigenvalue weighted by Gasteiger charge is 2.53. The number of likely N-dealkylation sites (tertiary alicyclic amines) is 1. The van der Waals surface area contributed by atoms with Crippen molar-refractivity contribution in [3.05, 3.63) is 16.1 Å². The predicted molar refractivity (Wildman–Crippen MR) is 93.2 cm³/mol. The molecular weight excluding hydrogens is 365 g/mol. The molecule has 0 aliphatic carbocycles. The number of alkyl halides is 3. The van der Waals surface area contributed by atoms with Crippen molar-refractivity contribution in [2.45, 2.75) is 44.6 Å². The number of hydrogen-bond donors (Lipinski definition) is 1. The first-order chi connectivity index (χ1) is 12.5. The van der Waals surface area contributed by atoms with Crippen LogP contribution in [0, 0.1) is 11.8 Å². The topological polar surface area (TPSA) is 49.8 Å². The number of nitrogens with one attached hydrogen (secondary N) is 1. The second-order valence-electron chi connectivity index (χ2n) is 7.13. The third-order valence-electron chi connectivity index (χ3n) is 5.52. The third-order valence-corrected chi connectivity index (χ3v) is 6.43. The number of hydrogen-bond acceptors (Lipinski definition) is 4. The van der Waals surface area contributed by atoms with E-state index < -0.39 is 11.9 Å². The molecule has 0 saturated carbocycles. The standard InChI is InChI=1S/C17H23F3N4OS/c1-2-21-16(22-6-5-15-23-14(9-26-15)17(18,19)20)24-7-10-11(8-24)13-4-3-12(10)25-13/h9-13H,2-8H2,1H3,(H,21,22). The molecule has 144 valence electrons. The summed E-state index contributed by atoms with van der Waals surface area (Å²) in [6, 6.07) is 0.